The Morgan fingerprint density at radius 2 is 2.00 bits per heavy atom. The van der Waals surface area contributed by atoms with Crippen LogP contribution in [0.4, 0.5) is 11.5 Å². The summed E-state index contributed by atoms with van der Waals surface area (Å²) in [6.07, 6.45) is 1.12. The van der Waals surface area contributed by atoms with Crippen LogP contribution in [0.3, 0.4) is 0 Å². The number of esters is 1. The first-order chi connectivity index (χ1) is 13.8. The lowest BCUT2D eigenvalue weighted by atomic mass is 10.1. The van der Waals surface area contributed by atoms with E-state index in [1.807, 2.05) is 0 Å². The van der Waals surface area contributed by atoms with Gasteiger partial charge in [0.1, 0.15) is 25.1 Å². The van der Waals surface area contributed by atoms with Crippen LogP contribution in [0.5, 0.6) is 0 Å². The van der Waals surface area contributed by atoms with E-state index in [2.05, 4.69) is 4.98 Å². The van der Waals surface area contributed by atoms with E-state index >= 15 is 0 Å². The molecule has 3 aromatic rings. The van der Waals surface area contributed by atoms with Crippen molar-refractivity contribution in [1.82, 2.24) is 9.55 Å². The Kier molecular flexibility index (Phi) is 5.59. The maximum absolute atomic E-state index is 12.2. The molecule has 29 heavy (non-hydrogen) atoms. The number of carbonyl (C=O) groups is 1. The van der Waals surface area contributed by atoms with Gasteiger partial charge in [-0.3, -0.25) is 10.1 Å². The third-order valence-corrected chi connectivity index (χ3v) is 4.23. The third kappa shape index (κ3) is 4.24. The normalized spacial score (nSPS) is 10.7. The Bertz CT molecular complexity index is 1110. The van der Waals surface area contributed by atoms with Crippen LogP contribution in [0.1, 0.15) is 16.4 Å². The zero-order chi connectivity index (χ0) is 21.1. The van der Waals surface area contributed by atoms with E-state index in [1.54, 1.807) is 6.92 Å². The molecule has 0 aliphatic heterocycles. The summed E-state index contributed by atoms with van der Waals surface area (Å²) in [4.78, 5) is 37.0. The second kappa shape index (κ2) is 8.10. The number of nitrogens with zero attached hydrogens (tertiary/aromatic N) is 4. The van der Waals surface area contributed by atoms with Gasteiger partial charge < -0.3 is 19.3 Å². The van der Waals surface area contributed by atoms with E-state index in [1.165, 1.54) is 34.9 Å². The molecular weight excluding hydrogens is 408 g/mol. The molecule has 0 saturated heterocycles. The maximum Gasteiger partial charge on any atom is 0.374 e. The molecule has 0 bridgehead atoms. The highest BCUT2D eigenvalue weighted by atomic mass is 35.5. The van der Waals surface area contributed by atoms with E-state index in [-0.39, 0.29) is 46.8 Å². The van der Waals surface area contributed by atoms with Crippen molar-refractivity contribution in [2.24, 2.45) is 0 Å². The SMILES string of the molecule is Cc1ncc([N+](=O)[O-])n1CCOC(=O)c1ccc(-c2ccc(Cl)cc2[N+](=O)[O-])o1. The smallest absolute Gasteiger partial charge is 0.374 e. The second-order valence-corrected chi connectivity index (χ2v) is 6.23. The molecule has 0 radical (unpaired) electrons. The average molecular weight is 421 g/mol. The summed E-state index contributed by atoms with van der Waals surface area (Å²) in [5.74, 6) is -0.687. The highest BCUT2D eigenvalue weighted by Crippen LogP contribution is 2.33. The summed E-state index contributed by atoms with van der Waals surface area (Å²) in [6, 6.07) is 6.77. The number of carbonyl (C=O) groups excluding carboxylic acids is 1. The summed E-state index contributed by atoms with van der Waals surface area (Å²) in [7, 11) is 0. The summed E-state index contributed by atoms with van der Waals surface area (Å²) in [5.41, 5.74) is -0.113. The lowest BCUT2D eigenvalue weighted by molar-refractivity contribution is -0.392. The van der Waals surface area contributed by atoms with E-state index in [0.29, 0.717) is 5.82 Å². The second-order valence-electron chi connectivity index (χ2n) is 5.79. The fraction of sp³-hybridized carbons (Fsp3) is 0.176. The third-order valence-electron chi connectivity index (χ3n) is 4.00. The van der Waals surface area contributed by atoms with Crippen molar-refractivity contribution >= 4 is 29.1 Å². The van der Waals surface area contributed by atoms with Crippen molar-refractivity contribution < 1.29 is 23.8 Å². The largest absolute Gasteiger partial charge is 0.456 e. The Hall–Kier alpha value is -3.73. The molecule has 0 aliphatic rings. The average Bonchev–Trinajstić information content (AvgIpc) is 3.29. The number of imidazole rings is 1. The molecule has 0 aliphatic carbocycles. The minimum atomic E-state index is -0.812. The number of aryl methyl sites for hydroxylation is 1. The number of furan rings is 1. The van der Waals surface area contributed by atoms with Gasteiger partial charge in [-0.25, -0.2) is 14.3 Å². The topological polar surface area (TPSA) is 144 Å². The summed E-state index contributed by atoms with van der Waals surface area (Å²) in [5, 5.41) is 22.3. The van der Waals surface area contributed by atoms with Crippen molar-refractivity contribution in [1.29, 1.82) is 0 Å². The van der Waals surface area contributed by atoms with E-state index in [0.717, 1.165) is 6.20 Å². The molecule has 150 valence electrons. The van der Waals surface area contributed by atoms with Crippen LogP contribution < -0.4 is 0 Å². The number of hydrogen-bond donors (Lipinski definition) is 0. The minimum absolute atomic E-state index is 0.0319. The highest BCUT2D eigenvalue weighted by molar-refractivity contribution is 6.30. The molecule has 0 spiro atoms. The van der Waals surface area contributed by atoms with Crippen LogP contribution in [0.25, 0.3) is 11.3 Å². The molecule has 12 heteroatoms. The fourth-order valence-electron chi connectivity index (χ4n) is 2.64. The van der Waals surface area contributed by atoms with Gasteiger partial charge in [0.05, 0.1) is 10.5 Å². The van der Waals surface area contributed by atoms with E-state index in [9.17, 15) is 25.0 Å². The summed E-state index contributed by atoms with van der Waals surface area (Å²) in [6.45, 7) is 1.46. The summed E-state index contributed by atoms with van der Waals surface area (Å²) < 4.78 is 11.8. The zero-order valence-electron chi connectivity index (χ0n) is 14.9. The Morgan fingerprint density at radius 1 is 1.24 bits per heavy atom. The molecule has 0 N–H and O–H groups in total. The number of nitro benzene ring substituents is 1. The number of aromatic nitrogens is 2. The first-order valence-electron chi connectivity index (χ1n) is 8.15. The molecule has 0 amide bonds. The van der Waals surface area contributed by atoms with Gasteiger partial charge in [-0.2, -0.15) is 0 Å². The van der Waals surface area contributed by atoms with Gasteiger partial charge in [0.2, 0.25) is 5.76 Å². The molecule has 0 atom stereocenters. The van der Waals surface area contributed by atoms with Gasteiger partial charge in [0, 0.05) is 18.0 Å². The minimum Gasteiger partial charge on any atom is -0.456 e. The zero-order valence-corrected chi connectivity index (χ0v) is 15.7. The Morgan fingerprint density at radius 3 is 2.69 bits per heavy atom. The van der Waals surface area contributed by atoms with Crippen molar-refractivity contribution in [2.45, 2.75) is 13.5 Å². The van der Waals surface area contributed by atoms with Crippen LogP contribution in [-0.2, 0) is 11.3 Å². The number of halogens is 1. The Labute approximate surface area is 167 Å². The van der Waals surface area contributed by atoms with Gasteiger partial charge >= 0.3 is 11.8 Å². The van der Waals surface area contributed by atoms with Crippen LogP contribution in [0, 0.1) is 27.2 Å². The number of benzene rings is 1. The molecule has 2 aromatic heterocycles. The van der Waals surface area contributed by atoms with E-state index < -0.39 is 15.8 Å². The molecule has 2 heterocycles. The molecule has 3 rings (SSSR count). The Balaban J connectivity index is 1.70. The van der Waals surface area contributed by atoms with Gasteiger partial charge in [0.15, 0.2) is 5.82 Å². The quantitative estimate of drug-likeness (QED) is 0.319. The van der Waals surface area contributed by atoms with Crippen LogP contribution in [0.15, 0.2) is 40.9 Å². The lowest BCUT2D eigenvalue weighted by Gasteiger charge is -2.04. The highest BCUT2D eigenvalue weighted by Gasteiger charge is 2.22. The molecule has 11 nitrogen and oxygen atoms in total. The summed E-state index contributed by atoms with van der Waals surface area (Å²) >= 11 is 5.79. The first kappa shape index (κ1) is 20.0. The van der Waals surface area contributed by atoms with Gasteiger partial charge in [0.25, 0.3) is 5.69 Å². The van der Waals surface area contributed by atoms with Crippen LogP contribution in [-0.4, -0.2) is 32.0 Å². The van der Waals surface area contributed by atoms with Gasteiger partial charge in [-0.1, -0.05) is 11.6 Å². The van der Waals surface area contributed by atoms with Gasteiger partial charge in [-0.05, 0) is 29.2 Å². The van der Waals surface area contributed by atoms with E-state index in [4.69, 9.17) is 20.8 Å². The van der Waals surface area contributed by atoms with Crippen molar-refractivity contribution in [3.8, 4) is 11.3 Å². The number of hydrogen-bond acceptors (Lipinski definition) is 8. The molecule has 0 unspecified atom stereocenters. The van der Waals surface area contributed by atoms with Crippen LogP contribution in [0.2, 0.25) is 5.02 Å². The molecule has 1 aromatic carbocycles. The fourth-order valence-corrected chi connectivity index (χ4v) is 2.80. The first-order valence-corrected chi connectivity index (χ1v) is 8.53. The monoisotopic (exact) mass is 420 g/mol. The van der Waals surface area contributed by atoms with Gasteiger partial charge in [-0.15, -0.1) is 0 Å². The molecular formula is C17H13ClN4O7. The molecule has 0 saturated carbocycles. The standard InChI is InChI=1S/C17H13ClN4O7/c1-10-19-9-16(22(26)27)20(10)6-7-28-17(23)15-5-4-14(29-15)12-3-2-11(18)8-13(12)21(24)25/h2-5,8-9H,6-7H2,1H3. The van der Waals surface area contributed by atoms with Crippen molar-refractivity contribution in [3.05, 3.63) is 73.4 Å². The van der Waals surface area contributed by atoms with Crippen molar-refractivity contribution in [3.63, 3.8) is 0 Å². The predicted molar refractivity (Wildman–Crippen MR) is 99.7 cm³/mol. The lowest BCUT2D eigenvalue weighted by Crippen LogP contribution is -2.13. The van der Waals surface area contributed by atoms with Crippen LogP contribution >= 0.6 is 11.6 Å². The molecule has 0 fully saturated rings. The predicted octanol–water partition coefficient (Wildman–Crippen LogP) is 3.78. The number of nitro groups is 2. The number of ether oxygens (including phenoxy) is 1. The number of rotatable bonds is 7. The maximum atomic E-state index is 12.2. The van der Waals surface area contributed by atoms with Crippen molar-refractivity contribution in [2.75, 3.05) is 6.61 Å².